The smallest absolute Gasteiger partial charge is 0.341 e. The van der Waals surface area contributed by atoms with Gasteiger partial charge in [0.25, 0.3) is 0 Å². The average molecular weight is 937 g/mol. The first-order valence-corrected chi connectivity index (χ1v) is 22.7. The number of aromatic nitrogens is 8. The lowest BCUT2D eigenvalue weighted by Crippen LogP contribution is -2.58. The molecule has 0 aliphatic carbocycles. The Labute approximate surface area is 395 Å². The van der Waals surface area contributed by atoms with Crippen molar-refractivity contribution in [3.05, 3.63) is 60.7 Å². The first kappa shape index (κ1) is 50.4. The third kappa shape index (κ3) is 13.8. The van der Waals surface area contributed by atoms with Gasteiger partial charge < -0.3 is 50.0 Å². The minimum atomic E-state index is -1.02. The molecular weight excluding hydrogens is 877 g/mol. The Bertz CT molecular complexity index is 2230. The standard InChI is InChI=1S/C46H60N14O8/c1-31(47-5)41(61)49-39(43(63)57-25-17-19-35(57)29-59-45(51-53-55-59)67-37-21-11-9-12-22-37)33(3)65-27-15-7-8-16-28-66-34(4)40(50-42(62)32(2)48-6)44(64)58-26-18-20-36(58)30-60-46(52-54-56-60)68-38-23-13-10-14-24-38/h9-14,21-24,31-36,39-40,47-48H,17-20,25-30H2,1-6H3,(H,49,61)(H,50,62)/t31-,32-,33+,34+,35-,36-,39?,40?/m0/s1. The van der Waals surface area contributed by atoms with E-state index in [4.69, 9.17) is 18.9 Å². The minimum absolute atomic E-state index is 0.0869. The molecule has 4 aromatic rings. The monoisotopic (exact) mass is 936 g/mol. The van der Waals surface area contributed by atoms with Gasteiger partial charge in [-0.1, -0.05) is 58.4 Å². The number of nitrogens with one attached hydrogen (secondary N) is 4. The van der Waals surface area contributed by atoms with E-state index < -0.39 is 36.4 Å². The van der Waals surface area contributed by atoms with E-state index >= 15 is 0 Å². The second-order valence-electron chi connectivity index (χ2n) is 16.4. The molecule has 2 aliphatic rings. The fourth-order valence-corrected chi connectivity index (χ4v) is 7.62. The molecule has 0 radical (unpaired) electrons. The van der Waals surface area contributed by atoms with E-state index in [1.165, 1.54) is 9.36 Å². The van der Waals surface area contributed by atoms with Gasteiger partial charge in [-0.15, -0.1) is 0 Å². The fraction of sp³-hybridized carbons (Fsp3) is 0.522. The van der Waals surface area contributed by atoms with Crippen LogP contribution < -0.4 is 30.7 Å². The SMILES string of the molecule is CN[C@@H](C)C(=O)NC(C(=O)N1CCC[C@H]1Cn1nnnc1Oc1ccccc1)[C@@H](C)OCC#CC#CCO[C@H](C)C(NC(=O)[C@H](C)NC)C(=O)N1CCC[C@H]1Cn1nnnc1Oc1ccccc1. The molecule has 4 N–H and O–H groups in total. The van der Waals surface area contributed by atoms with E-state index in [0.717, 1.165) is 12.8 Å². The van der Waals surface area contributed by atoms with E-state index in [2.05, 4.69) is 76.0 Å². The highest BCUT2D eigenvalue weighted by atomic mass is 16.5. The molecule has 0 spiro atoms. The van der Waals surface area contributed by atoms with Gasteiger partial charge in [0.1, 0.15) is 36.8 Å². The summed E-state index contributed by atoms with van der Waals surface area (Å²) < 4.78 is 26.8. The zero-order chi connectivity index (χ0) is 48.4. The molecule has 2 aliphatic heterocycles. The summed E-state index contributed by atoms with van der Waals surface area (Å²) in [6.07, 6.45) is 1.35. The fourth-order valence-electron chi connectivity index (χ4n) is 7.62. The summed E-state index contributed by atoms with van der Waals surface area (Å²) in [6.45, 7) is 8.14. The Hall–Kier alpha value is -6.98. The van der Waals surface area contributed by atoms with Gasteiger partial charge in [0, 0.05) is 13.1 Å². The average Bonchev–Trinajstić information content (AvgIpc) is 4.20. The number of ether oxygens (including phenoxy) is 4. The molecule has 0 bridgehead atoms. The van der Waals surface area contributed by atoms with E-state index in [-0.39, 0.29) is 74.0 Å². The molecule has 0 saturated carbocycles. The van der Waals surface area contributed by atoms with Crippen molar-refractivity contribution in [3.8, 4) is 47.2 Å². The van der Waals surface area contributed by atoms with Crippen molar-refractivity contribution in [2.45, 2.75) is 115 Å². The molecule has 4 heterocycles. The molecule has 2 aromatic carbocycles. The van der Waals surface area contributed by atoms with Crippen LogP contribution in [0.1, 0.15) is 53.4 Å². The molecule has 8 atom stereocenters. The van der Waals surface area contributed by atoms with Crippen LogP contribution in [0.25, 0.3) is 0 Å². The first-order valence-electron chi connectivity index (χ1n) is 22.7. The summed E-state index contributed by atoms with van der Waals surface area (Å²) in [5, 5.41) is 35.4. The summed E-state index contributed by atoms with van der Waals surface area (Å²) >= 11 is 0. The molecule has 2 unspecified atom stereocenters. The number of tetrazole rings is 2. The van der Waals surface area contributed by atoms with Gasteiger partial charge in [-0.25, -0.2) is 0 Å². The van der Waals surface area contributed by atoms with Crippen LogP contribution in [0.15, 0.2) is 60.7 Å². The molecule has 2 aromatic heterocycles. The highest BCUT2D eigenvalue weighted by Gasteiger charge is 2.40. The maximum absolute atomic E-state index is 14.2. The lowest BCUT2D eigenvalue weighted by Gasteiger charge is -2.32. The van der Waals surface area contributed by atoms with E-state index in [9.17, 15) is 19.2 Å². The van der Waals surface area contributed by atoms with Gasteiger partial charge in [-0.05, 0) is 124 Å². The van der Waals surface area contributed by atoms with E-state index in [1.807, 2.05) is 36.4 Å². The molecule has 2 fully saturated rings. The van der Waals surface area contributed by atoms with Gasteiger partial charge in [0.05, 0.1) is 49.5 Å². The molecule has 6 rings (SSSR count). The second kappa shape index (κ2) is 25.2. The summed E-state index contributed by atoms with van der Waals surface area (Å²) in [6, 6.07) is 15.0. The number of hydrogen-bond acceptors (Lipinski definition) is 16. The van der Waals surface area contributed by atoms with Crippen molar-refractivity contribution in [3.63, 3.8) is 0 Å². The van der Waals surface area contributed by atoms with Crippen LogP contribution in [0.2, 0.25) is 0 Å². The predicted octanol–water partition coefficient (Wildman–Crippen LogP) is 0.929. The van der Waals surface area contributed by atoms with Crippen LogP contribution in [0, 0.1) is 23.7 Å². The number of likely N-dealkylation sites (tertiary alicyclic amines) is 2. The molecule has 22 heteroatoms. The van der Waals surface area contributed by atoms with Crippen LogP contribution in [0.5, 0.6) is 23.5 Å². The topological polar surface area (TPSA) is 247 Å². The van der Waals surface area contributed by atoms with Gasteiger partial charge >= 0.3 is 12.0 Å². The number of benzene rings is 2. The lowest BCUT2D eigenvalue weighted by molar-refractivity contribution is -0.141. The number of rotatable bonds is 22. The molecule has 362 valence electrons. The molecule has 2 saturated heterocycles. The number of hydrogen-bond donors (Lipinski definition) is 4. The van der Waals surface area contributed by atoms with Gasteiger partial charge in [0.15, 0.2) is 0 Å². The van der Waals surface area contributed by atoms with Crippen molar-refractivity contribution >= 4 is 23.6 Å². The Morgan fingerprint density at radius 3 is 1.41 bits per heavy atom. The normalized spacial score (nSPS) is 18.1. The second-order valence-corrected chi connectivity index (χ2v) is 16.4. The number of carbonyl (C=O) groups is 4. The van der Waals surface area contributed by atoms with Crippen LogP contribution in [-0.4, -0.2) is 163 Å². The third-order valence-electron chi connectivity index (χ3n) is 11.8. The maximum atomic E-state index is 14.2. The Kier molecular flexibility index (Phi) is 18.7. The van der Waals surface area contributed by atoms with Gasteiger partial charge in [-0.3, -0.25) is 19.2 Å². The van der Waals surface area contributed by atoms with Crippen LogP contribution >= 0.6 is 0 Å². The Morgan fingerprint density at radius 1 is 0.632 bits per heavy atom. The van der Waals surface area contributed by atoms with Crippen LogP contribution in [0.3, 0.4) is 0 Å². The summed E-state index contributed by atoms with van der Waals surface area (Å²) in [4.78, 5) is 58.1. The van der Waals surface area contributed by atoms with Crippen molar-refractivity contribution in [2.75, 3.05) is 40.4 Å². The minimum Gasteiger partial charge on any atom is -0.423 e. The summed E-state index contributed by atoms with van der Waals surface area (Å²) in [7, 11) is 3.32. The van der Waals surface area contributed by atoms with Crippen molar-refractivity contribution < 1.29 is 38.1 Å². The zero-order valence-corrected chi connectivity index (χ0v) is 39.2. The third-order valence-corrected chi connectivity index (χ3v) is 11.8. The number of nitrogens with zero attached hydrogens (tertiary/aromatic N) is 10. The molecule has 4 amide bonds. The lowest BCUT2D eigenvalue weighted by atomic mass is 10.1. The number of carbonyl (C=O) groups excluding carboxylic acids is 4. The molecular formula is C46H60N14O8. The summed E-state index contributed by atoms with van der Waals surface area (Å²) in [5.74, 6) is 11.0. The molecule has 68 heavy (non-hydrogen) atoms. The largest absolute Gasteiger partial charge is 0.423 e. The Morgan fingerprint density at radius 2 is 1.03 bits per heavy atom. The van der Waals surface area contributed by atoms with Gasteiger partial charge in [0.2, 0.25) is 23.6 Å². The summed E-state index contributed by atoms with van der Waals surface area (Å²) in [5.41, 5.74) is 0. The highest BCUT2D eigenvalue weighted by molar-refractivity contribution is 5.91. The highest BCUT2D eigenvalue weighted by Crippen LogP contribution is 2.26. The van der Waals surface area contributed by atoms with Crippen LogP contribution in [0.4, 0.5) is 0 Å². The van der Waals surface area contributed by atoms with E-state index in [0.29, 0.717) is 37.4 Å². The number of amides is 4. The van der Waals surface area contributed by atoms with E-state index in [1.54, 1.807) is 75.9 Å². The first-order chi connectivity index (χ1) is 33.0. The van der Waals surface area contributed by atoms with Crippen molar-refractivity contribution in [2.24, 2.45) is 0 Å². The number of likely N-dealkylation sites (N-methyl/N-ethyl adjacent to an activating group) is 2. The zero-order valence-electron chi connectivity index (χ0n) is 39.2. The van der Waals surface area contributed by atoms with Crippen molar-refractivity contribution in [1.29, 1.82) is 0 Å². The maximum Gasteiger partial charge on any atom is 0.341 e. The number of para-hydroxylation sites is 2. The quantitative estimate of drug-likeness (QED) is 0.0801. The van der Waals surface area contributed by atoms with Gasteiger partial charge in [-0.2, -0.15) is 9.36 Å². The Balaban J connectivity index is 1.04. The van der Waals surface area contributed by atoms with Crippen LogP contribution in [-0.2, 0) is 41.7 Å². The predicted molar refractivity (Wildman–Crippen MR) is 245 cm³/mol. The molecule has 22 nitrogen and oxygen atoms in total. The van der Waals surface area contributed by atoms with Crippen molar-refractivity contribution in [1.82, 2.24) is 71.5 Å².